The Kier molecular flexibility index (Phi) is 8.81. The predicted molar refractivity (Wildman–Crippen MR) is 129 cm³/mol. The van der Waals surface area contributed by atoms with Gasteiger partial charge in [0.2, 0.25) is 5.36 Å². The summed E-state index contributed by atoms with van der Waals surface area (Å²) in [5.74, 6) is 2.26. The van der Waals surface area contributed by atoms with E-state index in [-0.39, 0.29) is 0 Å². The molecule has 0 saturated carbocycles. The van der Waals surface area contributed by atoms with Crippen molar-refractivity contribution in [2.45, 2.75) is 6.42 Å². The molecule has 0 radical (unpaired) electrons. The largest absolute Gasteiger partial charge is 0.673 e. The lowest BCUT2D eigenvalue weighted by molar-refractivity contribution is -0.498. The molecule has 0 aliphatic heterocycles. The van der Waals surface area contributed by atoms with Gasteiger partial charge in [-0.15, -0.1) is 0 Å². The molecule has 4 aromatic rings. The number of halogens is 5. The van der Waals surface area contributed by atoms with E-state index in [0.717, 1.165) is 52.1 Å². The van der Waals surface area contributed by atoms with Gasteiger partial charge in [-0.1, -0.05) is 29.8 Å². The first kappa shape index (κ1) is 26.2. The topological polar surface area (TPSA) is 45.6 Å². The average Bonchev–Trinajstić information content (AvgIpc) is 2.83. The van der Waals surface area contributed by atoms with Gasteiger partial charge in [-0.3, -0.25) is 0 Å². The van der Waals surface area contributed by atoms with Crippen molar-refractivity contribution in [2.75, 3.05) is 20.8 Å². The van der Waals surface area contributed by atoms with Gasteiger partial charge in [-0.2, -0.15) is 0 Å². The fourth-order valence-electron chi connectivity index (χ4n) is 3.42. The van der Waals surface area contributed by atoms with Gasteiger partial charge in [0.15, 0.2) is 11.5 Å². The lowest BCUT2D eigenvalue weighted by Gasteiger charge is -2.08. The number of methoxy groups -OCH3 is 2. The van der Waals surface area contributed by atoms with E-state index in [9.17, 15) is 17.3 Å². The van der Waals surface area contributed by atoms with Gasteiger partial charge in [-0.05, 0) is 54.1 Å². The zero-order valence-corrected chi connectivity index (χ0v) is 19.8. The Hall–Kier alpha value is -3.46. The van der Waals surface area contributed by atoms with E-state index < -0.39 is 7.25 Å². The molecule has 0 aliphatic carbocycles. The third-order valence-corrected chi connectivity index (χ3v) is 5.23. The Bertz CT molecular complexity index is 1340. The van der Waals surface area contributed by atoms with Crippen LogP contribution in [0.25, 0.3) is 22.3 Å². The third kappa shape index (κ3) is 7.78. The maximum absolute atomic E-state index is 9.75. The molecule has 1 aromatic heterocycles. The van der Waals surface area contributed by atoms with Crippen molar-refractivity contribution >= 4 is 29.8 Å². The first-order valence-corrected chi connectivity index (χ1v) is 11.0. The van der Waals surface area contributed by atoms with Crippen molar-refractivity contribution in [3.05, 3.63) is 88.7 Å². The van der Waals surface area contributed by atoms with Crippen molar-refractivity contribution < 1.29 is 36.1 Å². The SMILES string of the molecule is COc1ccc(CC[NH+]=c2cc(-c3ccc(Cl)cc3)oc3ccccc23)cc1OC.F[B-](F)(F)F. The summed E-state index contributed by atoms with van der Waals surface area (Å²) >= 11 is 6.03. The summed E-state index contributed by atoms with van der Waals surface area (Å²) in [6.45, 7) is 0.767. The number of hydrogen-bond acceptors (Lipinski definition) is 3. The summed E-state index contributed by atoms with van der Waals surface area (Å²) in [5.41, 5.74) is 2.98. The van der Waals surface area contributed by atoms with Crippen LogP contribution >= 0.6 is 11.6 Å². The van der Waals surface area contributed by atoms with Crippen LogP contribution in [0.4, 0.5) is 17.3 Å². The molecule has 0 saturated heterocycles. The summed E-state index contributed by atoms with van der Waals surface area (Å²) in [4.78, 5) is 3.57. The van der Waals surface area contributed by atoms with Gasteiger partial charge in [0.05, 0.1) is 25.7 Å². The van der Waals surface area contributed by atoms with Gasteiger partial charge in [0.25, 0.3) is 0 Å². The van der Waals surface area contributed by atoms with E-state index in [4.69, 9.17) is 25.5 Å². The second-order valence-corrected chi connectivity index (χ2v) is 7.82. The Morgan fingerprint density at radius 3 is 2.17 bits per heavy atom. The fourth-order valence-corrected chi connectivity index (χ4v) is 3.54. The minimum absolute atomic E-state index is 0.702. The summed E-state index contributed by atoms with van der Waals surface area (Å²) in [5, 5.41) is 2.78. The van der Waals surface area contributed by atoms with Crippen LogP contribution < -0.4 is 19.8 Å². The van der Waals surface area contributed by atoms with E-state index >= 15 is 0 Å². The van der Waals surface area contributed by atoms with Crippen LogP contribution in [0, 0.1) is 0 Å². The Morgan fingerprint density at radius 1 is 0.857 bits per heavy atom. The standard InChI is InChI=1S/C25H22ClNO3.BF4/c1-28-23-12-7-17(15-25(23)29-2)13-14-27-21-16-24(18-8-10-19(26)11-9-18)30-22-6-4-3-5-20(21)22;2-1(3,4)5/h3-12,15-16H,13-14H2,1-2H3;/q;-1/p+1. The van der Waals surface area contributed by atoms with Crippen LogP contribution in [0.1, 0.15) is 5.56 Å². The average molecular weight is 508 g/mol. The molecule has 184 valence electrons. The molecule has 0 atom stereocenters. The van der Waals surface area contributed by atoms with Crippen molar-refractivity contribution in [1.29, 1.82) is 0 Å². The van der Waals surface area contributed by atoms with Gasteiger partial charge < -0.3 is 31.2 Å². The quantitative estimate of drug-likeness (QED) is 0.285. The molecule has 0 fully saturated rings. The third-order valence-electron chi connectivity index (χ3n) is 4.98. The number of ether oxygens (including phenoxy) is 2. The molecular weight excluding hydrogens is 485 g/mol. The minimum atomic E-state index is -6.00. The second kappa shape index (κ2) is 11.8. The highest BCUT2D eigenvalue weighted by atomic mass is 35.5. The minimum Gasteiger partial charge on any atom is -0.493 e. The molecule has 0 amide bonds. The van der Waals surface area contributed by atoms with Gasteiger partial charge in [0.1, 0.15) is 17.9 Å². The maximum Gasteiger partial charge on any atom is 0.673 e. The monoisotopic (exact) mass is 507 g/mol. The Balaban J connectivity index is 0.000000623. The van der Waals surface area contributed by atoms with Crippen LogP contribution in [0.15, 0.2) is 77.2 Å². The van der Waals surface area contributed by atoms with Gasteiger partial charge >= 0.3 is 7.25 Å². The molecule has 0 bridgehead atoms. The summed E-state index contributed by atoms with van der Waals surface area (Å²) in [6, 6.07) is 23.7. The van der Waals surface area contributed by atoms with Crippen LogP contribution in [-0.4, -0.2) is 28.0 Å². The summed E-state index contributed by atoms with van der Waals surface area (Å²) in [6.07, 6.45) is 0.844. The number of benzene rings is 3. The molecule has 1 N–H and O–H groups in total. The molecule has 3 aromatic carbocycles. The van der Waals surface area contributed by atoms with Gasteiger partial charge in [-0.25, -0.2) is 4.99 Å². The zero-order valence-electron chi connectivity index (χ0n) is 19.0. The number of hydrogen-bond donors (Lipinski definition) is 1. The number of para-hydroxylation sites is 1. The van der Waals surface area contributed by atoms with E-state index in [1.165, 1.54) is 5.56 Å². The fraction of sp³-hybridized carbons (Fsp3) is 0.160. The van der Waals surface area contributed by atoms with Crippen LogP contribution in [0.3, 0.4) is 0 Å². The van der Waals surface area contributed by atoms with Crippen molar-refractivity contribution in [2.24, 2.45) is 0 Å². The van der Waals surface area contributed by atoms with Crippen LogP contribution in [0.5, 0.6) is 11.5 Å². The normalized spacial score (nSPS) is 11.7. The van der Waals surface area contributed by atoms with E-state index in [1.54, 1.807) is 14.2 Å². The van der Waals surface area contributed by atoms with Gasteiger partial charge in [0, 0.05) is 17.0 Å². The van der Waals surface area contributed by atoms with Crippen molar-refractivity contribution in [3.8, 4) is 22.8 Å². The smallest absolute Gasteiger partial charge is 0.493 e. The van der Waals surface area contributed by atoms with E-state index in [0.29, 0.717) is 5.02 Å². The number of fused-ring (bicyclic) bond motifs is 1. The maximum atomic E-state index is 9.75. The zero-order chi connectivity index (χ0) is 25.4. The first-order valence-electron chi connectivity index (χ1n) is 10.6. The van der Waals surface area contributed by atoms with E-state index in [1.807, 2.05) is 60.7 Å². The van der Waals surface area contributed by atoms with Crippen LogP contribution in [0.2, 0.25) is 5.02 Å². The molecule has 35 heavy (non-hydrogen) atoms. The lowest BCUT2D eigenvalue weighted by atomic mass is 10.1. The highest BCUT2D eigenvalue weighted by Crippen LogP contribution is 2.27. The molecular formula is C25H23BClF4NO3. The summed E-state index contributed by atoms with van der Waals surface area (Å²) in [7, 11) is -2.71. The highest BCUT2D eigenvalue weighted by molar-refractivity contribution is 6.50. The molecule has 10 heteroatoms. The van der Waals surface area contributed by atoms with Crippen molar-refractivity contribution in [1.82, 2.24) is 0 Å². The molecule has 0 aliphatic rings. The Labute approximate surface area is 204 Å². The first-order chi connectivity index (χ1) is 16.7. The van der Waals surface area contributed by atoms with Crippen LogP contribution in [-0.2, 0) is 6.42 Å². The van der Waals surface area contributed by atoms with Crippen molar-refractivity contribution in [3.63, 3.8) is 0 Å². The predicted octanol–water partition coefficient (Wildman–Crippen LogP) is 5.29. The lowest BCUT2D eigenvalue weighted by Crippen LogP contribution is -2.77. The Morgan fingerprint density at radius 2 is 1.51 bits per heavy atom. The molecule has 4 nitrogen and oxygen atoms in total. The highest BCUT2D eigenvalue weighted by Gasteiger charge is 2.20. The van der Waals surface area contributed by atoms with E-state index in [2.05, 4.69) is 17.1 Å². The number of nitrogens with one attached hydrogen (secondary N) is 1. The number of rotatable bonds is 6. The molecule has 0 unspecified atom stereocenters. The molecule has 4 rings (SSSR count). The second-order valence-electron chi connectivity index (χ2n) is 7.39. The summed E-state index contributed by atoms with van der Waals surface area (Å²) < 4.78 is 55.9. The molecule has 1 heterocycles. The molecule has 0 spiro atoms.